The highest BCUT2D eigenvalue weighted by Gasteiger charge is 2.23. The number of hydrogen-bond donors (Lipinski definition) is 2. The van der Waals surface area contributed by atoms with E-state index >= 15 is 0 Å². The molecule has 1 aliphatic rings. The fourth-order valence-electron chi connectivity index (χ4n) is 2.12. The van der Waals surface area contributed by atoms with Gasteiger partial charge >= 0.3 is 6.09 Å². The van der Waals surface area contributed by atoms with Crippen molar-refractivity contribution in [2.75, 3.05) is 23.3 Å². The SMILES string of the molecule is O=C(O)Nc1cc(N2CCCC2)c(Cl)cc1[N+](=O)[O-]. The van der Waals surface area contributed by atoms with E-state index in [4.69, 9.17) is 16.7 Å². The fourth-order valence-corrected chi connectivity index (χ4v) is 2.40. The van der Waals surface area contributed by atoms with Crippen LogP contribution in [0.15, 0.2) is 12.1 Å². The van der Waals surface area contributed by atoms with E-state index in [1.807, 2.05) is 10.2 Å². The molecule has 1 aromatic rings. The Kier molecular flexibility index (Phi) is 3.75. The molecular formula is C11H12ClN3O4. The highest BCUT2D eigenvalue weighted by molar-refractivity contribution is 6.33. The number of halogens is 1. The van der Waals surface area contributed by atoms with E-state index in [0.29, 0.717) is 5.69 Å². The van der Waals surface area contributed by atoms with Gasteiger partial charge in [0.15, 0.2) is 0 Å². The van der Waals surface area contributed by atoms with Crippen LogP contribution in [0.2, 0.25) is 5.02 Å². The third kappa shape index (κ3) is 2.87. The van der Waals surface area contributed by atoms with Crippen LogP contribution < -0.4 is 10.2 Å². The number of nitrogens with one attached hydrogen (secondary N) is 1. The zero-order valence-corrected chi connectivity index (χ0v) is 10.7. The summed E-state index contributed by atoms with van der Waals surface area (Å²) in [7, 11) is 0. The van der Waals surface area contributed by atoms with Gasteiger partial charge in [0.2, 0.25) is 0 Å². The lowest BCUT2D eigenvalue weighted by molar-refractivity contribution is -0.383. The number of nitro groups is 1. The Morgan fingerprint density at radius 1 is 1.42 bits per heavy atom. The van der Waals surface area contributed by atoms with Crippen LogP contribution in [0.25, 0.3) is 0 Å². The smallest absolute Gasteiger partial charge is 0.409 e. The lowest BCUT2D eigenvalue weighted by Crippen LogP contribution is -2.19. The molecule has 0 spiro atoms. The number of nitrogens with zero attached hydrogens (tertiary/aromatic N) is 2. The number of benzene rings is 1. The molecule has 2 N–H and O–H groups in total. The number of carbonyl (C=O) groups is 1. The summed E-state index contributed by atoms with van der Waals surface area (Å²) in [6, 6.07) is 2.60. The molecule has 0 radical (unpaired) electrons. The quantitative estimate of drug-likeness (QED) is 0.657. The number of rotatable bonds is 3. The number of hydrogen-bond acceptors (Lipinski definition) is 4. The van der Waals surface area contributed by atoms with Crippen molar-refractivity contribution in [1.82, 2.24) is 0 Å². The summed E-state index contributed by atoms with van der Waals surface area (Å²) in [5.41, 5.74) is 0.202. The summed E-state index contributed by atoms with van der Waals surface area (Å²) in [5.74, 6) is 0. The van der Waals surface area contributed by atoms with E-state index in [-0.39, 0.29) is 16.4 Å². The molecule has 1 fully saturated rings. The van der Waals surface area contributed by atoms with Gasteiger partial charge in [-0.25, -0.2) is 4.79 Å². The van der Waals surface area contributed by atoms with Gasteiger partial charge in [-0.2, -0.15) is 0 Å². The molecule has 7 nitrogen and oxygen atoms in total. The van der Waals surface area contributed by atoms with E-state index in [1.54, 1.807) is 0 Å². The largest absolute Gasteiger partial charge is 0.465 e. The lowest BCUT2D eigenvalue weighted by atomic mass is 10.2. The highest BCUT2D eigenvalue weighted by atomic mass is 35.5. The van der Waals surface area contributed by atoms with Crippen molar-refractivity contribution in [1.29, 1.82) is 0 Å². The van der Waals surface area contributed by atoms with Gasteiger partial charge < -0.3 is 10.0 Å². The van der Waals surface area contributed by atoms with Crippen molar-refractivity contribution in [3.8, 4) is 0 Å². The number of nitro benzene ring substituents is 1. The third-order valence-electron chi connectivity index (χ3n) is 2.95. The molecule has 8 heteroatoms. The molecule has 1 aliphatic heterocycles. The molecule has 0 unspecified atom stereocenters. The molecule has 0 bridgehead atoms. The molecule has 1 heterocycles. The summed E-state index contributed by atoms with van der Waals surface area (Å²) in [6.07, 6.45) is 0.696. The maximum absolute atomic E-state index is 10.9. The predicted octanol–water partition coefficient (Wildman–Crippen LogP) is 2.94. The number of amides is 1. The Hall–Kier alpha value is -2.02. The van der Waals surface area contributed by atoms with Gasteiger partial charge in [-0.3, -0.25) is 15.4 Å². The summed E-state index contributed by atoms with van der Waals surface area (Å²) in [5, 5.41) is 21.9. The van der Waals surface area contributed by atoms with Crippen LogP contribution >= 0.6 is 11.6 Å². The van der Waals surface area contributed by atoms with Crippen LogP contribution in [0.5, 0.6) is 0 Å². The zero-order valence-electron chi connectivity index (χ0n) is 9.93. The topological polar surface area (TPSA) is 95.7 Å². The predicted molar refractivity (Wildman–Crippen MR) is 71.2 cm³/mol. The first-order valence-electron chi connectivity index (χ1n) is 5.72. The van der Waals surface area contributed by atoms with Gasteiger partial charge in [0.25, 0.3) is 5.69 Å². The molecule has 0 aliphatic carbocycles. The minimum absolute atomic E-state index is 0.0659. The second kappa shape index (κ2) is 5.31. The normalized spacial score (nSPS) is 14.5. The van der Waals surface area contributed by atoms with Crippen molar-refractivity contribution in [3.63, 3.8) is 0 Å². The molecule has 0 saturated carbocycles. The van der Waals surface area contributed by atoms with Crippen LogP contribution in [-0.2, 0) is 0 Å². The summed E-state index contributed by atoms with van der Waals surface area (Å²) < 4.78 is 0. The molecule has 0 aromatic heterocycles. The van der Waals surface area contributed by atoms with Gasteiger partial charge in [0.05, 0.1) is 15.6 Å². The number of anilines is 2. The van der Waals surface area contributed by atoms with E-state index in [2.05, 4.69) is 0 Å². The van der Waals surface area contributed by atoms with E-state index in [9.17, 15) is 14.9 Å². The molecule has 102 valence electrons. The first kappa shape index (κ1) is 13.4. The lowest BCUT2D eigenvalue weighted by Gasteiger charge is -2.20. The monoisotopic (exact) mass is 285 g/mol. The van der Waals surface area contributed by atoms with Crippen LogP contribution in [0.4, 0.5) is 21.9 Å². The van der Waals surface area contributed by atoms with E-state index in [1.165, 1.54) is 12.1 Å². The fraction of sp³-hybridized carbons (Fsp3) is 0.364. The van der Waals surface area contributed by atoms with Gasteiger partial charge in [0, 0.05) is 19.2 Å². The second-order valence-electron chi connectivity index (χ2n) is 4.20. The van der Waals surface area contributed by atoms with Gasteiger partial charge in [-0.1, -0.05) is 11.6 Å². The molecule has 19 heavy (non-hydrogen) atoms. The Morgan fingerprint density at radius 3 is 2.58 bits per heavy atom. The average molecular weight is 286 g/mol. The van der Waals surface area contributed by atoms with Crippen LogP contribution in [0, 0.1) is 10.1 Å². The van der Waals surface area contributed by atoms with Crippen LogP contribution in [-0.4, -0.2) is 29.2 Å². The van der Waals surface area contributed by atoms with Crippen molar-refractivity contribution >= 4 is 34.8 Å². The number of carboxylic acid groups (broad SMARTS) is 1. The van der Waals surface area contributed by atoms with Gasteiger partial charge in [0.1, 0.15) is 5.69 Å². The van der Waals surface area contributed by atoms with Crippen molar-refractivity contribution in [2.45, 2.75) is 12.8 Å². The first-order valence-corrected chi connectivity index (χ1v) is 6.09. The average Bonchev–Trinajstić information content (AvgIpc) is 2.83. The van der Waals surface area contributed by atoms with Crippen molar-refractivity contribution < 1.29 is 14.8 Å². The Morgan fingerprint density at radius 2 is 2.05 bits per heavy atom. The van der Waals surface area contributed by atoms with E-state index < -0.39 is 11.0 Å². The Labute approximate surface area is 113 Å². The third-order valence-corrected chi connectivity index (χ3v) is 3.25. The summed E-state index contributed by atoms with van der Waals surface area (Å²) >= 11 is 6.04. The highest BCUT2D eigenvalue weighted by Crippen LogP contribution is 2.37. The maximum atomic E-state index is 10.9. The Balaban J connectivity index is 2.45. The zero-order chi connectivity index (χ0) is 14.0. The van der Waals surface area contributed by atoms with Crippen LogP contribution in [0.3, 0.4) is 0 Å². The molecular weight excluding hydrogens is 274 g/mol. The first-order chi connectivity index (χ1) is 8.99. The van der Waals surface area contributed by atoms with Gasteiger partial charge in [-0.15, -0.1) is 0 Å². The second-order valence-corrected chi connectivity index (χ2v) is 4.61. The molecule has 0 atom stereocenters. The Bertz CT molecular complexity index is 529. The standard InChI is InChI=1S/C11H12ClN3O4/c12-7-5-10(15(18)19)8(13-11(16)17)6-9(7)14-3-1-2-4-14/h5-6,13H,1-4H2,(H,16,17). The summed E-state index contributed by atoms with van der Waals surface area (Å²) in [6.45, 7) is 1.62. The maximum Gasteiger partial charge on any atom is 0.409 e. The molecule has 1 aromatic carbocycles. The minimum atomic E-state index is -1.35. The van der Waals surface area contributed by atoms with Crippen molar-refractivity contribution in [2.24, 2.45) is 0 Å². The minimum Gasteiger partial charge on any atom is -0.465 e. The summed E-state index contributed by atoms with van der Waals surface area (Å²) in [4.78, 5) is 22.9. The van der Waals surface area contributed by atoms with Gasteiger partial charge in [-0.05, 0) is 18.9 Å². The van der Waals surface area contributed by atoms with Crippen LogP contribution in [0.1, 0.15) is 12.8 Å². The molecule has 1 amide bonds. The van der Waals surface area contributed by atoms with Crippen molar-refractivity contribution in [3.05, 3.63) is 27.3 Å². The van der Waals surface area contributed by atoms with E-state index in [0.717, 1.165) is 25.9 Å². The molecule has 2 rings (SSSR count). The molecule has 1 saturated heterocycles.